The van der Waals surface area contributed by atoms with E-state index < -0.39 is 5.97 Å². The highest BCUT2D eigenvalue weighted by Crippen LogP contribution is 2.29. The molecule has 1 saturated heterocycles. The van der Waals surface area contributed by atoms with E-state index in [1.807, 2.05) is 5.38 Å². The second-order valence-electron chi connectivity index (χ2n) is 4.01. The van der Waals surface area contributed by atoms with Gasteiger partial charge in [-0.25, -0.2) is 9.78 Å². The third-order valence-corrected chi connectivity index (χ3v) is 3.65. The van der Waals surface area contributed by atoms with Crippen molar-refractivity contribution in [2.45, 2.75) is 6.10 Å². The zero-order valence-corrected chi connectivity index (χ0v) is 10.7. The molecule has 6 nitrogen and oxygen atoms in total. The minimum Gasteiger partial charge on any atom is -0.478 e. The molecule has 3 rings (SSSR count). The van der Waals surface area contributed by atoms with Crippen LogP contribution in [0.4, 0.5) is 0 Å². The Labute approximate surface area is 112 Å². The van der Waals surface area contributed by atoms with E-state index in [0.29, 0.717) is 31.3 Å². The van der Waals surface area contributed by atoms with Gasteiger partial charge in [-0.1, -0.05) is 0 Å². The Balaban J connectivity index is 1.81. The molecule has 0 bridgehead atoms. The first kappa shape index (κ1) is 12.3. The van der Waals surface area contributed by atoms with Crippen LogP contribution in [0.25, 0.3) is 11.5 Å². The van der Waals surface area contributed by atoms with Crippen molar-refractivity contribution in [3.8, 4) is 11.5 Å². The van der Waals surface area contributed by atoms with Gasteiger partial charge in [0.05, 0.1) is 25.4 Å². The molecule has 1 aliphatic rings. The van der Waals surface area contributed by atoms with Crippen LogP contribution in [-0.2, 0) is 9.47 Å². The van der Waals surface area contributed by atoms with Gasteiger partial charge in [-0.05, 0) is 0 Å². The Kier molecular flexibility index (Phi) is 3.33. The SMILES string of the molecule is O=C(O)c1coc(-c2csc(C3COCCO3)n2)c1. The maximum Gasteiger partial charge on any atom is 0.338 e. The number of carboxylic acids is 1. The fraction of sp³-hybridized carbons (Fsp3) is 0.333. The first-order chi connectivity index (χ1) is 9.24. The van der Waals surface area contributed by atoms with E-state index in [0.717, 1.165) is 5.01 Å². The number of nitrogens with zero attached hydrogens (tertiary/aromatic N) is 1. The van der Waals surface area contributed by atoms with Crippen LogP contribution in [0.15, 0.2) is 22.1 Å². The molecule has 19 heavy (non-hydrogen) atoms. The van der Waals surface area contributed by atoms with Gasteiger partial charge in [0.2, 0.25) is 0 Å². The zero-order valence-electron chi connectivity index (χ0n) is 9.87. The number of aromatic nitrogens is 1. The van der Waals surface area contributed by atoms with Crippen LogP contribution in [0.3, 0.4) is 0 Å². The van der Waals surface area contributed by atoms with Crippen LogP contribution in [0.5, 0.6) is 0 Å². The van der Waals surface area contributed by atoms with Gasteiger partial charge in [0, 0.05) is 11.4 Å². The molecule has 0 saturated carbocycles. The summed E-state index contributed by atoms with van der Waals surface area (Å²) in [4.78, 5) is 15.2. The summed E-state index contributed by atoms with van der Waals surface area (Å²) in [5.74, 6) is -0.578. The fourth-order valence-electron chi connectivity index (χ4n) is 1.76. The van der Waals surface area contributed by atoms with E-state index in [4.69, 9.17) is 19.0 Å². The van der Waals surface area contributed by atoms with Crippen molar-refractivity contribution in [3.05, 3.63) is 28.3 Å². The van der Waals surface area contributed by atoms with E-state index in [-0.39, 0.29) is 11.7 Å². The van der Waals surface area contributed by atoms with E-state index >= 15 is 0 Å². The quantitative estimate of drug-likeness (QED) is 0.928. The predicted molar refractivity (Wildman–Crippen MR) is 66.3 cm³/mol. The Hall–Kier alpha value is -1.70. The van der Waals surface area contributed by atoms with Gasteiger partial charge >= 0.3 is 5.97 Å². The average Bonchev–Trinajstić information content (AvgIpc) is 3.09. The molecular weight excluding hydrogens is 270 g/mol. The Bertz CT molecular complexity index is 584. The average molecular weight is 281 g/mol. The van der Waals surface area contributed by atoms with Crippen molar-refractivity contribution in [2.24, 2.45) is 0 Å². The first-order valence-electron chi connectivity index (χ1n) is 5.71. The van der Waals surface area contributed by atoms with Crippen LogP contribution in [0.2, 0.25) is 0 Å². The Morgan fingerprint density at radius 1 is 1.47 bits per heavy atom. The summed E-state index contributed by atoms with van der Waals surface area (Å²) in [7, 11) is 0. The number of hydrogen-bond acceptors (Lipinski definition) is 6. The smallest absolute Gasteiger partial charge is 0.338 e. The van der Waals surface area contributed by atoms with E-state index in [1.54, 1.807) is 0 Å². The molecule has 0 amide bonds. The van der Waals surface area contributed by atoms with Crippen LogP contribution in [0.1, 0.15) is 21.5 Å². The zero-order chi connectivity index (χ0) is 13.2. The van der Waals surface area contributed by atoms with Crippen LogP contribution >= 0.6 is 11.3 Å². The summed E-state index contributed by atoms with van der Waals surface area (Å²) in [6.07, 6.45) is 1.05. The minimum absolute atomic E-state index is 0.113. The first-order valence-corrected chi connectivity index (χ1v) is 6.59. The maximum atomic E-state index is 10.8. The van der Waals surface area contributed by atoms with Gasteiger partial charge in [0.15, 0.2) is 5.76 Å². The predicted octanol–water partition coefficient (Wildman–Crippen LogP) is 2.19. The molecule has 1 unspecified atom stereocenters. The number of ether oxygens (including phenoxy) is 2. The maximum absolute atomic E-state index is 10.8. The molecule has 1 aliphatic heterocycles. The van der Waals surface area contributed by atoms with Crippen molar-refractivity contribution in [3.63, 3.8) is 0 Å². The summed E-state index contributed by atoms with van der Waals surface area (Å²) < 4.78 is 16.1. The number of rotatable bonds is 3. The Morgan fingerprint density at radius 3 is 3.05 bits per heavy atom. The minimum atomic E-state index is -1.02. The van der Waals surface area contributed by atoms with Gasteiger partial charge in [-0.2, -0.15) is 0 Å². The van der Waals surface area contributed by atoms with Gasteiger partial charge in [-0.3, -0.25) is 0 Å². The van der Waals surface area contributed by atoms with Crippen molar-refractivity contribution in [1.82, 2.24) is 4.98 Å². The lowest BCUT2D eigenvalue weighted by atomic mass is 10.3. The second-order valence-corrected chi connectivity index (χ2v) is 4.90. The fourth-order valence-corrected chi connectivity index (χ4v) is 2.60. The van der Waals surface area contributed by atoms with Gasteiger partial charge in [0.1, 0.15) is 23.1 Å². The van der Waals surface area contributed by atoms with Crippen molar-refractivity contribution in [2.75, 3.05) is 19.8 Å². The van der Waals surface area contributed by atoms with E-state index in [9.17, 15) is 4.79 Å². The monoisotopic (exact) mass is 281 g/mol. The van der Waals surface area contributed by atoms with Gasteiger partial charge in [-0.15, -0.1) is 11.3 Å². The van der Waals surface area contributed by atoms with Gasteiger partial charge < -0.3 is 19.0 Å². The van der Waals surface area contributed by atoms with Crippen LogP contribution in [0, 0.1) is 0 Å². The van der Waals surface area contributed by atoms with E-state index in [2.05, 4.69) is 4.98 Å². The molecule has 0 spiro atoms. The molecule has 0 radical (unpaired) electrons. The number of furan rings is 1. The summed E-state index contributed by atoms with van der Waals surface area (Å²) in [5.41, 5.74) is 0.725. The molecular formula is C12H11NO5S. The highest BCUT2D eigenvalue weighted by molar-refractivity contribution is 7.10. The standard InChI is InChI=1S/C12H11NO5S/c14-12(15)7-3-9(18-4-7)8-6-19-11(13-8)10-5-16-1-2-17-10/h3-4,6,10H,1-2,5H2,(H,14,15). The number of aromatic carboxylic acids is 1. The van der Waals surface area contributed by atoms with Crippen molar-refractivity contribution >= 4 is 17.3 Å². The van der Waals surface area contributed by atoms with Crippen molar-refractivity contribution < 1.29 is 23.8 Å². The summed E-state index contributed by atoms with van der Waals surface area (Å²) in [6.45, 7) is 1.66. The topological polar surface area (TPSA) is 81.8 Å². The molecule has 100 valence electrons. The summed E-state index contributed by atoms with van der Waals surface area (Å²) in [6, 6.07) is 1.46. The van der Waals surface area contributed by atoms with Crippen LogP contribution < -0.4 is 0 Å². The number of hydrogen-bond donors (Lipinski definition) is 1. The molecule has 0 aromatic carbocycles. The molecule has 3 heterocycles. The molecule has 7 heteroatoms. The number of thiazole rings is 1. The van der Waals surface area contributed by atoms with Crippen molar-refractivity contribution in [1.29, 1.82) is 0 Å². The van der Waals surface area contributed by atoms with Crippen LogP contribution in [-0.4, -0.2) is 35.9 Å². The number of carbonyl (C=O) groups is 1. The van der Waals surface area contributed by atoms with Gasteiger partial charge in [0.25, 0.3) is 0 Å². The highest BCUT2D eigenvalue weighted by atomic mass is 32.1. The molecule has 1 fully saturated rings. The molecule has 2 aromatic heterocycles. The third kappa shape index (κ3) is 2.53. The van der Waals surface area contributed by atoms with E-state index in [1.165, 1.54) is 23.7 Å². The third-order valence-electron chi connectivity index (χ3n) is 2.71. The normalized spacial score (nSPS) is 19.5. The summed E-state index contributed by atoms with van der Waals surface area (Å²) >= 11 is 1.45. The molecule has 1 N–H and O–H groups in total. The lowest BCUT2D eigenvalue weighted by molar-refractivity contribution is -0.0901. The number of carboxylic acid groups (broad SMARTS) is 1. The molecule has 0 aliphatic carbocycles. The summed E-state index contributed by atoms with van der Waals surface area (Å²) in [5, 5.41) is 11.5. The lowest BCUT2D eigenvalue weighted by Crippen LogP contribution is -2.21. The lowest BCUT2D eigenvalue weighted by Gasteiger charge is -2.20. The largest absolute Gasteiger partial charge is 0.478 e. The molecule has 2 aromatic rings. The highest BCUT2D eigenvalue weighted by Gasteiger charge is 2.21. The molecule has 1 atom stereocenters. The second kappa shape index (κ2) is 5.12. The Morgan fingerprint density at radius 2 is 2.37 bits per heavy atom.